The lowest BCUT2D eigenvalue weighted by Gasteiger charge is -2.33. The predicted molar refractivity (Wildman–Crippen MR) is 107 cm³/mol. The fourth-order valence-electron chi connectivity index (χ4n) is 3.66. The molecule has 142 valence electrons. The summed E-state index contributed by atoms with van der Waals surface area (Å²) in [5.74, 6) is 1.76. The normalized spacial score (nSPS) is 17.8. The highest BCUT2D eigenvalue weighted by Gasteiger charge is 2.28. The fourth-order valence-corrected chi connectivity index (χ4v) is 3.66. The number of piperidine rings is 1. The molecule has 1 amide bonds. The molecular weight excluding hydrogens is 324 g/mol. The number of anilines is 1. The molecule has 2 aromatic rings. The van der Waals surface area contributed by atoms with Gasteiger partial charge in [-0.1, -0.05) is 39.3 Å². The van der Waals surface area contributed by atoms with Gasteiger partial charge in [0.05, 0.1) is 17.0 Å². The maximum atomic E-state index is 12.5. The van der Waals surface area contributed by atoms with Crippen LogP contribution in [0.5, 0.6) is 0 Å². The minimum absolute atomic E-state index is 0.0573. The van der Waals surface area contributed by atoms with Crippen molar-refractivity contribution < 1.29 is 4.79 Å². The van der Waals surface area contributed by atoms with Gasteiger partial charge in [0.25, 0.3) is 0 Å². The molecule has 2 heterocycles. The molecule has 0 spiro atoms. The number of unbranched alkanes of at least 4 members (excludes halogenated alkanes) is 1. The van der Waals surface area contributed by atoms with Crippen molar-refractivity contribution in [1.29, 1.82) is 0 Å². The number of amides is 1. The van der Waals surface area contributed by atoms with Gasteiger partial charge in [0, 0.05) is 26.2 Å². The molecule has 1 saturated heterocycles. The molecule has 1 fully saturated rings. The number of nitrogens with one attached hydrogen (secondary N) is 1. The maximum Gasteiger partial charge on any atom is 0.224 e. The minimum Gasteiger partial charge on any atom is -0.356 e. The van der Waals surface area contributed by atoms with Crippen molar-refractivity contribution in [3.63, 3.8) is 0 Å². The van der Waals surface area contributed by atoms with Gasteiger partial charge in [-0.2, -0.15) is 0 Å². The first kappa shape index (κ1) is 18.7. The Morgan fingerprint density at radius 3 is 2.92 bits per heavy atom. The van der Waals surface area contributed by atoms with E-state index in [2.05, 4.69) is 53.8 Å². The number of benzene rings is 1. The second-order valence-corrected chi connectivity index (χ2v) is 7.83. The van der Waals surface area contributed by atoms with E-state index in [4.69, 9.17) is 4.98 Å². The molecule has 1 aromatic carbocycles. The van der Waals surface area contributed by atoms with Gasteiger partial charge in [0.2, 0.25) is 11.9 Å². The molecule has 1 aromatic heterocycles. The van der Waals surface area contributed by atoms with Crippen LogP contribution < -0.4 is 10.2 Å². The van der Waals surface area contributed by atoms with Crippen LogP contribution in [0.4, 0.5) is 5.95 Å². The summed E-state index contributed by atoms with van der Waals surface area (Å²) in [6.45, 7) is 9.95. The molecule has 1 aliphatic rings. The number of imidazole rings is 1. The molecule has 3 rings (SSSR count). The second kappa shape index (κ2) is 8.56. The Balaban J connectivity index is 1.80. The molecule has 1 unspecified atom stereocenters. The van der Waals surface area contributed by atoms with Gasteiger partial charge in [-0.05, 0) is 37.3 Å². The molecule has 5 nitrogen and oxygen atoms in total. The third-order valence-corrected chi connectivity index (χ3v) is 5.13. The number of carbonyl (C=O) groups excluding carboxylic acids is 1. The topological polar surface area (TPSA) is 50.2 Å². The molecular formula is C21H32N4O. The standard InChI is InChI=1S/C21H32N4O/c1-4-5-13-25-19-11-7-6-10-18(19)23-21(25)24-12-8-9-17(15-24)20(26)22-14-16(2)3/h6-7,10-11,16-17H,4-5,8-9,12-15H2,1-3H3,(H,22,26). The zero-order valence-electron chi connectivity index (χ0n) is 16.4. The van der Waals surface area contributed by atoms with Crippen LogP contribution >= 0.6 is 0 Å². The molecule has 1 atom stereocenters. The summed E-state index contributed by atoms with van der Waals surface area (Å²) in [6, 6.07) is 8.35. The first-order valence-corrected chi connectivity index (χ1v) is 10.1. The number of carbonyl (C=O) groups is 1. The average Bonchev–Trinajstić information content (AvgIpc) is 3.03. The number of hydrogen-bond acceptors (Lipinski definition) is 3. The van der Waals surface area contributed by atoms with E-state index < -0.39 is 0 Å². The van der Waals surface area contributed by atoms with Crippen molar-refractivity contribution in [2.45, 2.75) is 53.0 Å². The number of aryl methyl sites for hydroxylation is 1. The van der Waals surface area contributed by atoms with Crippen molar-refractivity contribution in [1.82, 2.24) is 14.9 Å². The van der Waals surface area contributed by atoms with Crippen molar-refractivity contribution in [3.05, 3.63) is 24.3 Å². The van der Waals surface area contributed by atoms with E-state index >= 15 is 0 Å². The van der Waals surface area contributed by atoms with Gasteiger partial charge in [-0.25, -0.2) is 4.98 Å². The van der Waals surface area contributed by atoms with Crippen molar-refractivity contribution in [2.24, 2.45) is 11.8 Å². The van der Waals surface area contributed by atoms with Gasteiger partial charge in [0.15, 0.2) is 0 Å². The zero-order valence-corrected chi connectivity index (χ0v) is 16.4. The van der Waals surface area contributed by atoms with E-state index in [0.29, 0.717) is 5.92 Å². The second-order valence-electron chi connectivity index (χ2n) is 7.83. The third kappa shape index (κ3) is 4.19. The van der Waals surface area contributed by atoms with Crippen LogP contribution in [0.3, 0.4) is 0 Å². The van der Waals surface area contributed by atoms with Crippen LogP contribution in [0.15, 0.2) is 24.3 Å². The Labute approximate surface area is 156 Å². The van der Waals surface area contributed by atoms with Crippen LogP contribution in [0.1, 0.15) is 46.5 Å². The van der Waals surface area contributed by atoms with Crippen LogP contribution in [0.2, 0.25) is 0 Å². The molecule has 0 bridgehead atoms. The fraction of sp³-hybridized carbons (Fsp3) is 0.619. The lowest BCUT2D eigenvalue weighted by molar-refractivity contribution is -0.125. The first-order chi connectivity index (χ1) is 12.6. The van der Waals surface area contributed by atoms with E-state index in [0.717, 1.165) is 63.3 Å². The smallest absolute Gasteiger partial charge is 0.224 e. The molecule has 26 heavy (non-hydrogen) atoms. The van der Waals surface area contributed by atoms with E-state index in [1.54, 1.807) is 0 Å². The maximum absolute atomic E-state index is 12.5. The van der Waals surface area contributed by atoms with E-state index in [-0.39, 0.29) is 11.8 Å². The number of aromatic nitrogens is 2. The largest absolute Gasteiger partial charge is 0.356 e. The summed E-state index contributed by atoms with van der Waals surface area (Å²) in [4.78, 5) is 19.8. The molecule has 0 radical (unpaired) electrons. The summed E-state index contributed by atoms with van der Waals surface area (Å²) >= 11 is 0. The van der Waals surface area contributed by atoms with E-state index in [1.807, 2.05) is 6.07 Å². The summed E-state index contributed by atoms with van der Waals surface area (Å²) in [7, 11) is 0. The average molecular weight is 357 g/mol. The van der Waals surface area contributed by atoms with Crippen LogP contribution in [-0.4, -0.2) is 35.1 Å². The molecule has 0 aliphatic carbocycles. The molecule has 0 saturated carbocycles. The van der Waals surface area contributed by atoms with Crippen LogP contribution in [-0.2, 0) is 11.3 Å². The van der Waals surface area contributed by atoms with Crippen LogP contribution in [0, 0.1) is 11.8 Å². The van der Waals surface area contributed by atoms with Gasteiger partial charge in [-0.3, -0.25) is 4.79 Å². The van der Waals surface area contributed by atoms with Gasteiger partial charge < -0.3 is 14.8 Å². The SMILES string of the molecule is CCCCn1c(N2CCCC(C(=O)NCC(C)C)C2)nc2ccccc21. The Morgan fingerprint density at radius 2 is 2.15 bits per heavy atom. The van der Waals surface area contributed by atoms with Gasteiger partial charge in [-0.15, -0.1) is 0 Å². The lowest BCUT2D eigenvalue weighted by atomic mass is 9.97. The van der Waals surface area contributed by atoms with Crippen LogP contribution in [0.25, 0.3) is 11.0 Å². The number of nitrogens with zero attached hydrogens (tertiary/aromatic N) is 3. The zero-order chi connectivity index (χ0) is 18.5. The number of rotatable bonds is 7. The Hall–Kier alpha value is -2.04. The Bertz CT molecular complexity index is 737. The lowest BCUT2D eigenvalue weighted by Crippen LogP contribution is -2.44. The summed E-state index contributed by atoms with van der Waals surface area (Å²) in [5.41, 5.74) is 2.24. The summed E-state index contributed by atoms with van der Waals surface area (Å²) in [6.07, 6.45) is 4.30. The van der Waals surface area contributed by atoms with Gasteiger partial charge in [0.1, 0.15) is 0 Å². The van der Waals surface area contributed by atoms with Crippen molar-refractivity contribution in [3.8, 4) is 0 Å². The Morgan fingerprint density at radius 1 is 1.35 bits per heavy atom. The third-order valence-electron chi connectivity index (χ3n) is 5.13. The number of hydrogen-bond donors (Lipinski definition) is 1. The number of fused-ring (bicyclic) bond motifs is 1. The highest BCUT2D eigenvalue weighted by atomic mass is 16.1. The summed E-state index contributed by atoms with van der Waals surface area (Å²) in [5, 5.41) is 3.11. The predicted octanol–water partition coefficient (Wildman–Crippen LogP) is 3.83. The first-order valence-electron chi connectivity index (χ1n) is 10.1. The molecule has 1 aliphatic heterocycles. The molecule has 1 N–H and O–H groups in total. The highest BCUT2D eigenvalue weighted by molar-refractivity contribution is 5.81. The van der Waals surface area contributed by atoms with Gasteiger partial charge >= 0.3 is 0 Å². The monoisotopic (exact) mass is 356 g/mol. The van der Waals surface area contributed by atoms with E-state index in [1.165, 1.54) is 5.52 Å². The van der Waals surface area contributed by atoms with Crippen molar-refractivity contribution in [2.75, 3.05) is 24.5 Å². The quantitative estimate of drug-likeness (QED) is 0.820. The highest BCUT2D eigenvalue weighted by Crippen LogP contribution is 2.27. The molecule has 5 heteroatoms. The van der Waals surface area contributed by atoms with Crippen molar-refractivity contribution >= 4 is 22.9 Å². The Kier molecular flexibility index (Phi) is 6.17. The minimum atomic E-state index is 0.0573. The number of para-hydroxylation sites is 2. The van der Waals surface area contributed by atoms with E-state index in [9.17, 15) is 4.79 Å². The summed E-state index contributed by atoms with van der Waals surface area (Å²) < 4.78 is 2.34.